The quantitative estimate of drug-likeness (QED) is 0.674. The third kappa shape index (κ3) is 2.33. The second-order valence-electron chi connectivity index (χ2n) is 8.28. The summed E-state index contributed by atoms with van der Waals surface area (Å²) >= 11 is 0. The molecule has 3 aromatic rings. The lowest BCUT2D eigenvalue weighted by Crippen LogP contribution is -2.49. The second-order valence-corrected chi connectivity index (χ2v) is 8.28. The number of ketones is 1. The highest BCUT2D eigenvalue weighted by atomic mass is 16.1. The van der Waals surface area contributed by atoms with Crippen LogP contribution in [0.4, 0.5) is 0 Å². The summed E-state index contributed by atoms with van der Waals surface area (Å²) in [6.07, 6.45) is 7.19. The first kappa shape index (κ1) is 17.4. The average Bonchev–Trinajstić information content (AvgIpc) is 3.08. The number of hydrogen-bond donors (Lipinski definition) is 0. The van der Waals surface area contributed by atoms with E-state index in [0.29, 0.717) is 18.1 Å². The molecule has 0 aliphatic heterocycles. The number of carbonyl (C=O) groups is 1. The van der Waals surface area contributed by atoms with Crippen LogP contribution >= 0.6 is 0 Å². The van der Waals surface area contributed by atoms with E-state index in [1.807, 2.05) is 30.2 Å². The van der Waals surface area contributed by atoms with Crippen LogP contribution in [0.1, 0.15) is 43.0 Å². The van der Waals surface area contributed by atoms with E-state index in [4.69, 9.17) is 5.10 Å². The van der Waals surface area contributed by atoms with Crippen molar-refractivity contribution in [3.8, 4) is 11.3 Å². The summed E-state index contributed by atoms with van der Waals surface area (Å²) in [6, 6.07) is 14.8. The number of aromatic nitrogens is 3. The Morgan fingerprint density at radius 2 is 1.93 bits per heavy atom. The van der Waals surface area contributed by atoms with Gasteiger partial charge in [0.15, 0.2) is 0 Å². The number of hydrogen-bond acceptors (Lipinski definition) is 3. The number of benzene rings is 1. The average molecular weight is 371 g/mol. The largest absolute Gasteiger partial charge is 0.299 e. The Labute approximate surface area is 165 Å². The fourth-order valence-corrected chi connectivity index (χ4v) is 5.73. The minimum Gasteiger partial charge on any atom is -0.299 e. The van der Waals surface area contributed by atoms with Crippen molar-refractivity contribution in [2.45, 2.75) is 38.0 Å². The lowest BCUT2D eigenvalue weighted by Gasteiger charge is -2.49. The van der Waals surface area contributed by atoms with Gasteiger partial charge < -0.3 is 0 Å². The Morgan fingerprint density at radius 3 is 2.68 bits per heavy atom. The molecule has 0 radical (unpaired) electrons. The number of fused-ring (bicyclic) bond motifs is 3. The first-order valence-electron chi connectivity index (χ1n) is 10.2. The molecular weight excluding hydrogens is 346 g/mol. The molecule has 1 saturated carbocycles. The lowest BCUT2D eigenvalue weighted by molar-refractivity contribution is -0.128. The van der Waals surface area contributed by atoms with Crippen LogP contribution in [0, 0.1) is 11.8 Å². The lowest BCUT2D eigenvalue weighted by atomic mass is 9.53. The highest BCUT2D eigenvalue weighted by molar-refractivity contribution is 5.83. The number of aryl methyl sites for hydroxylation is 1. The molecule has 28 heavy (non-hydrogen) atoms. The summed E-state index contributed by atoms with van der Waals surface area (Å²) in [5, 5.41) is 5.10. The molecule has 2 aliphatic rings. The predicted octanol–water partition coefficient (Wildman–Crippen LogP) is 4.33. The summed E-state index contributed by atoms with van der Waals surface area (Å²) in [5.41, 5.74) is 5.91. The van der Waals surface area contributed by atoms with Crippen LogP contribution in [-0.4, -0.2) is 20.5 Å². The van der Waals surface area contributed by atoms with Crippen LogP contribution in [0.5, 0.6) is 0 Å². The van der Waals surface area contributed by atoms with Gasteiger partial charge in [-0.3, -0.25) is 14.5 Å². The zero-order chi connectivity index (χ0) is 19.3. The van der Waals surface area contributed by atoms with Crippen molar-refractivity contribution in [2.24, 2.45) is 18.9 Å². The normalized spacial score (nSPS) is 26.6. The SMILES string of the molecule is C[C@@H]1C(=O)CC[C@]2(c3ccccc3)c3nn(C)c(-c4cccnc4)c3CC[C@@H]12. The van der Waals surface area contributed by atoms with E-state index in [-0.39, 0.29) is 11.3 Å². The predicted molar refractivity (Wildman–Crippen MR) is 109 cm³/mol. The van der Waals surface area contributed by atoms with Gasteiger partial charge in [0.2, 0.25) is 0 Å². The standard InChI is InChI=1S/C24H25N3O/c1-16-20-11-10-19-22(17-7-6-14-25-15-17)27(2)26-23(19)24(20,13-12-21(16)28)18-8-4-3-5-9-18/h3-9,14-16,20H,10-13H2,1-2H3/t16-,20-,24+/m0/s1. The summed E-state index contributed by atoms with van der Waals surface area (Å²) in [4.78, 5) is 16.9. The maximum atomic E-state index is 12.6. The van der Waals surface area contributed by atoms with Crippen LogP contribution in [0.2, 0.25) is 0 Å². The fraction of sp³-hybridized carbons (Fsp3) is 0.375. The molecular formula is C24H25N3O. The molecule has 0 bridgehead atoms. The molecule has 4 nitrogen and oxygen atoms in total. The third-order valence-corrected chi connectivity index (χ3v) is 7.01. The molecule has 142 valence electrons. The number of rotatable bonds is 2. The molecule has 4 heteroatoms. The van der Waals surface area contributed by atoms with Crippen molar-refractivity contribution in [2.75, 3.05) is 0 Å². The van der Waals surface area contributed by atoms with E-state index in [0.717, 1.165) is 24.8 Å². The van der Waals surface area contributed by atoms with E-state index in [9.17, 15) is 4.79 Å². The molecule has 0 unspecified atom stereocenters. The van der Waals surface area contributed by atoms with Crippen molar-refractivity contribution in [3.63, 3.8) is 0 Å². The maximum absolute atomic E-state index is 12.6. The van der Waals surface area contributed by atoms with E-state index in [1.165, 1.54) is 22.5 Å². The van der Waals surface area contributed by atoms with Crippen molar-refractivity contribution >= 4 is 5.78 Å². The van der Waals surface area contributed by atoms with Gasteiger partial charge in [0, 0.05) is 48.3 Å². The van der Waals surface area contributed by atoms with Gasteiger partial charge in [-0.15, -0.1) is 0 Å². The van der Waals surface area contributed by atoms with Crippen LogP contribution in [0.3, 0.4) is 0 Å². The van der Waals surface area contributed by atoms with Gasteiger partial charge in [0.1, 0.15) is 5.78 Å². The van der Waals surface area contributed by atoms with Crippen LogP contribution in [0.25, 0.3) is 11.3 Å². The van der Waals surface area contributed by atoms with Crippen molar-refractivity contribution < 1.29 is 4.79 Å². The van der Waals surface area contributed by atoms with Crippen LogP contribution in [0.15, 0.2) is 54.9 Å². The van der Waals surface area contributed by atoms with Gasteiger partial charge in [-0.25, -0.2) is 0 Å². The summed E-state index contributed by atoms with van der Waals surface area (Å²) in [6.45, 7) is 2.12. The Hall–Kier alpha value is -2.75. The number of Topliss-reactive ketones (excluding diaryl/α,β-unsaturated/α-hetero) is 1. The number of carbonyl (C=O) groups excluding carboxylic acids is 1. The van der Waals surface area contributed by atoms with E-state index >= 15 is 0 Å². The smallest absolute Gasteiger partial charge is 0.136 e. The molecule has 3 atom stereocenters. The summed E-state index contributed by atoms with van der Waals surface area (Å²) in [7, 11) is 2.03. The van der Waals surface area contributed by atoms with Crippen molar-refractivity contribution in [1.29, 1.82) is 0 Å². The van der Waals surface area contributed by atoms with Crippen LogP contribution < -0.4 is 0 Å². The Morgan fingerprint density at radius 1 is 1.11 bits per heavy atom. The van der Waals surface area contributed by atoms with Gasteiger partial charge in [0.25, 0.3) is 0 Å². The topological polar surface area (TPSA) is 47.8 Å². The zero-order valence-electron chi connectivity index (χ0n) is 16.4. The summed E-state index contributed by atoms with van der Waals surface area (Å²) in [5.74, 6) is 0.787. The van der Waals surface area contributed by atoms with E-state index in [2.05, 4.69) is 48.3 Å². The number of nitrogens with zero attached hydrogens (tertiary/aromatic N) is 3. The fourth-order valence-electron chi connectivity index (χ4n) is 5.73. The molecule has 1 fully saturated rings. The molecule has 0 amide bonds. The highest BCUT2D eigenvalue weighted by Gasteiger charge is 2.54. The van der Waals surface area contributed by atoms with Crippen molar-refractivity contribution in [1.82, 2.24) is 14.8 Å². The first-order valence-corrected chi connectivity index (χ1v) is 10.2. The second kappa shape index (κ2) is 6.40. The Bertz CT molecular complexity index is 1020. The molecule has 2 aliphatic carbocycles. The molecule has 0 N–H and O–H groups in total. The molecule has 0 saturated heterocycles. The molecule has 2 aromatic heterocycles. The molecule has 1 aromatic carbocycles. The first-order chi connectivity index (χ1) is 13.6. The minimum absolute atomic E-state index is 0.0750. The van der Waals surface area contributed by atoms with Gasteiger partial charge in [-0.05, 0) is 42.9 Å². The van der Waals surface area contributed by atoms with Crippen molar-refractivity contribution in [3.05, 3.63) is 71.7 Å². The van der Waals surface area contributed by atoms with Gasteiger partial charge in [0.05, 0.1) is 11.4 Å². The number of pyridine rings is 1. The van der Waals surface area contributed by atoms with E-state index < -0.39 is 0 Å². The highest BCUT2D eigenvalue weighted by Crippen LogP contribution is 2.55. The molecule has 5 rings (SSSR count). The third-order valence-electron chi connectivity index (χ3n) is 7.01. The zero-order valence-corrected chi connectivity index (χ0v) is 16.4. The van der Waals surface area contributed by atoms with Gasteiger partial charge in [-0.1, -0.05) is 37.3 Å². The molecule has 2 heterocycles. The molecule has 0 spiro atoms. The monoisotopic (exact) mass is 371 g/mol. The Balaban J connectivity index is 1.77. The summed E-state index contributed by atoms with van der Waals surface area (Å²) < 4.78 is 2.02. The Kier molecular flexibility index (Phi) is 3.97. The minimum atomic E-state index is -0.180. The van der Waals surface area contributed by atoms with Crippen LogP contribution in [-0.2, 0) is 23.7 Å². The maximum Gasteiger partial charge on any atom is 0.136 e. The van der Waals surface area contributed by atoms with E-state index in [1.54, 1.807) is 0 Å². The van der Waals surface area contributed by atoms with Gasteiger partial charge >= 0.3 is 0 Å². The van der Waals surface area contributed by atoms with Gasteiger partial charge in [-0.2, -0.15) is 5.10 Å².